The molecule has 19 aromatic rings. The van der Waals surface area contributed by atoms with Crippen molar-refractivity contribution in [3.63, 3.8) is 0 Å². The minimum atomic E-state index is 0.427. The lowest BCUT2D eigenvalue weighted by Gasteiger charge is -2.16. The van der Waals surface area contributed by atoms with Crippen molar-refractivity contribution >= 4 is 71.8 Å². The second kappa shape index (κ2) is 29.8. The number of aryl methyl sites for hydroxylation is 1. The number of nitrogens with zero attached hydrogens (tertiary/aromatic N) is 4. The molecule has 0 spiro atoms. The lowest BCUT2D eigenvalue weighted by Crippen LogP contribution is -2.03. The highest BCUT2D eigenvalue weighted by molar-refractivity contribution is 5.87. The minimum absolute atomic E-state index is 0.427. The third-order valence-corrected chi connectivity index (χ3v) is 16.8. The summed E-state index contributed by atoms with van der Waals surface area (Å²) in [7, 11) is 0. The molecule has 8 nitrogen and oxygen atoms in total. The third kappa shape index (κ3) is 15.1. The van der Waals surface area contributed by atoms with Gasteiger partial charge in [-0.2, -0.15) is 0 Å². The van der Waals surface area contributed by atoms with Gasteiger partial charge in [0, 0.05) is 80.1 Å². The Morgan fingerprint density at radius 1 is 0.290 bits per heavy atom. The number of benzene rings is 12. The van der Waals surface area contributed by atoms with E-state index in [-0.39, 0.29) is 0 Å². The van der Waals surface area contributed by atoms with Crippen molar-refractivity contribution in [2.75, 3.05) is 26.4 Å². The van der Waals surface area contributed by atoms with Crippen molar-refractivity contribution in [1.82, 2.24) is 18.3 Å². The first kappa shape index (κ1) is 61.0. The maximum Gasteiger partial charge on any atom is 0.119 e. The number of hydrogen-bond donors (Lipinski definition) is 0. The highest BCUT2D eigenvalue weighted by Gasteiger charge is 2.11. The van der Waals surface area contributed by atoms with Gasteiger partial charge >= 0.3 is 0 Å². The fourth-order valence-corrected chi connectivity index (χ4v) is 12.0. The Labute approximate surface area is 544 Å². The maximum absolute atomic E-state index is 6.57. The second-order valence-corrected chi connectivity index (χ2v) is 23.4. The number of rotatable bonds is 21. The fourth-order valence-electron chi connectivity index (χ4n) is 12.0. The van der Waals surface area contributed by atoms with Crippen LogP contribution in [0, 0.1) is 6.92 Å². The summed E-state index contributed by atoms with van der Waals surface area (Å²) in [6.07, 6.45) is 5.34. The van der Waals surface area contributed by atoms with Gasteiger partial charge in [0.25, 0.3) is 0 Å². The Kier molecular flexibility index (Phi) is 19.6. The quantitative estimate of drug-likeness (QED) is 0.0673. The molecule has 0 aliphatic heterocycles. The Bertz CT molecular complexity index is 4610. The molecule has 0 N–H and O–H groups in total. The van der Waals surface area contributed by atoms with E-state index in [2.05, 4.69) is 299 Å². The van der Waals surface area contributed by atoms with Crippen LogP contribution >= 0.6 is 0 Å². The van der Waals surface area contributed by atoms with Gasteiger partial charge < -0.3 is 37.2 Å². The predicted molar refractivity (Wildman–Crippen MR) is 387 cm³/mol. The van der Waals surface area contributed by atoms with E-state index in [1.807, 2.05) is 42.5 Å². The molecular formula is C85H76N4O4. The van der Waals surface area contributed by atoms with E-state index in [0.717, 1.165) is 142 Å². The van der Waals surface area contributed by atoms with Gasteiger partial charge in [0.2, 0.25) is 0 Å². The molecule has 0 saturated heterocycles. The molecule has 0 aliphatic rings. The zero-order valence-electron chi connectivity index (χ0n) is 52.6. The highest BCUT2D eigenvalue weighted by Crippen LogP contribution is 2.29. The van der Waals surface area contributed by atoms with E-state index < -0.39 is 0 Å². The first-order valence-electron chi connectivity index (χ1n) is 32.3. The van der Waals surface area contributed by atoms with Crippen molar-refractivity contribution in [3.05, 3.63) is 332 Å². The van der Waals surface area contributed by atoms with Crippen LogP contribution in [0.2, 0.25) is 0 Å². The molecule has 0 saturated carbocycles. The molecule has 7 aromatic heterocycles. The van der Waals surface area contributed by atoms with Gasteiger partial charge in [-0.1, -0.05) is 164 Å². The van der Waals surface area contributed by atoms with Crippen LogP contribution < -0.4 is 9.47 Å². The Morgan fingerprint density at radius 3 is 0.860 bits per heavy atom. The minimum Gasteiger partial charge on any atom is -0.494 e. The smallest absolute Gasteiger partial charge is 0.119 e. The van der Waals surface area contributed by atoms with Crippen LogP contribution in [0.5, 0.6) is 11.5 Å². The molecule has 93 heavy (non-hydrogen) atoms. The molecule has 7 heterocycles. The molecular weight excluding hydrogens is 1140 g/mol. The molecule has 0 unspecified atom stereocenters. The van der Waals surface area contributed by atoms with Crippen LogP contribution in [0.15, 0.2) is 310 Å². The SMILES string of the molecule is C=Cc1ccc(OCCCCOCc2cc3cc(c2)n(-c2ccccc2)c2ccc(cc2)c2ccc(cc2)n(-c2ccccc2)c2cc(COCCCCOc4ccc(C)cc4)cc(c2)n(-c2ccccc2)c2ccc(cc2)c2ccc(cc2)n3-c2ccccc2)cc1. The largest absolute Gasteiger partial charge is 0.494 e. The second-order valence-electron chi connectivity index (χ2n) is 23.4. The zero-order valence-corrected chi connectivity index (χ0v) is 52.6. The number of ether oxygens (including phenoxy) is 4. The van der Waals surface area contributed by atoms with Crippen molar-refractivity contribution in [2.24, 2.45) is 0 Å². The summed E-state index contributed by atoms with van der Waals surface area (Å²) in [6, 6.07) is 108. The number of aromatic nitrogens is 4. The van der Waals surface area contributed by atoms with Crippen molar-refractivity contribution in [3.8, 4) is 34.2 Å². The highest BCUT2D eigenvalue weighted by atomic mass is 16.5. The van der Waals surface area contributed by atoms with E-state index in [0.29, 0.717) is 39.6 Å². The van der Waals surface area contributed by atoms with E-state index in [4.69, 9.17) is 18.9 Å². The fraction of sp³-hybridized carbons (Fsp3) is 0.129. The lowest BCUT2D eigenvalue weighted by atomic mass is 10.1. The third-order valence-electron chi connectivity index (χ3n) is 16.8. The number of hydrogen-bond acceptors (Lipinski definition) is 4. The monoisotopic (exact) mass is 1220 g/mol. The average Bonchev–Trinajstić information content (AvgIpc) is 0.944. The first-order chi connectivity index (χ1) is 46.0. The Balaban J connectivity index is 0.972. The van der Waals surface area contributed by atoms with Gasteiger partial charge in [-0.05, 0) is 229 Å². The zero-order chi connectivity index (χ0) is 63.0. The van der Waals surface area contributed by atoms with Gasteiger partial charge in [-0.15, -0.1) is 0 Å². The molecule has 12 aromatic carbocycles. The molecule has 0 radical (unpaired) electrons. The summed E-state index contributed by atoms with van der Waals surface area (Å²) in [5.74, 6) is 1.75. The van der Waals surface area contributed by atoms with E-state index in [1.165, 1.54) is 5.56 Å². The molecule has 460 valence electrons. The van der Waals surface area contributed by atoms with Crippen molar-refractivity contribution in [2.45, 2.75) is 45.8 Å². The molecule has 0 fully saturated rings. The lowest BCUT2D eigenvalue weighted by molar-refractivity contribution is 0.114. The van der Waals surface area contributed by atoms with Gasteiger partial charge in [-0.3, -0.25) is 0 Å². The van der Waals surface area contributed by atoms with Crippen molar-refractivity contribution in [1.29, 1.82) is 0 Å². The van der Waals surface area contributed by atoms with Gasteiger partial charge in [0.1, 0.15) is 11.5 Å². The molecule has 0 amide bonds. The van der Waals surface area contributed by atoms with Gasteiger partial charge in [-0.25, -0.2) is 0 Å². The summed E-state index contributed by atoms with van der Waals surface area (Å²) in [5, 5.41) is 4.43. The molecule has 19 rings (SSSR count). The summed E-state index contributed by atoms with van der Waals surface area (Å²) in [5.41, 5.74) is 16.7. The molecule has 0 atom stereocenters. The predicted octanol–water partition coefficient (Wildman–Crippen LogP) is 21.4. The van der Waals surface area contributed by atoms with Gasteiger partial charge in [0.15, 0.2) is 0 Å². The van der Waals surface area contributed by atoms with Crippen LogP contribution in [0.1, 0.15) is 47.9 Å². The summed E-state index contributed by atoms with van der Waals surface area (Å²) in [6.45, 7) is 9.28. The van der Waals surface area contributed by atoms with Crippen LogP contribution in [-0.2, 0) is 22.7 Å². The van der Waals surface area contributed by atoms with Crippen molar-refractivity contribution < 1.29 is 18.9 Å². The Hall–Kier alpha value is -10.9. The Morgan fingerprint density at radius 2 is 0.570 bits per heavy atom. The summed E-state index contributed by atoms with van der Waals surface area (Å²) >= 11 is 0. The normalized spacial score (nSPS) is 11.2. The van der Waals surface area contributed by atoms with E-state index in [9.17, 15) is 0 Å². The van der Waals surface area contributed by atoms with Gasteiger partial charge in [0.05, 0.1) is 26.4 Å². The topological polar surface area (TPSA) is 56.6 Å². The van der Waals surface area contributed by atoms with E-state index in [1.54, 1.807) is 0 Å². The van der Waals surface area contributed by atoms with Crippen LogP contribution in [-0.4, -0.2) is 44.7 Å². The van der Waals surface area contributed by atoms with Crippen LogP contribution in [0.3, 0.4) is 0 Å². The summed E-state index contributed by atoms with van der Waals surface area (Å²) < 4.78 is 34.7. The number of para-hydroxylation sites is 4. The number of unbranched alkanes of at least 4 members (excludes halogenated alkanes) is 2. The molecule has 0 aliphatic carbocycles. The maximum atomic E-state index is 6.57. The van der Waals surface area contributed by atoms with E-state index >= 15 is 0 Å². The molecule has 12 bridgehead atoms. The van der Waals surface area contributed by atoms with Crippen LogP contribution in [0.25, 0.3) is 94.5 Å². The first-order valence-corrected chi connectivity index (χ1v) is 32.3. The standard InChI is InChI=1S/C85H76N4O4/c1-3-65-30-50-85(51-31-65)93-55-19-17-53-91-63-67-58-82-61-83(59-67)89(75-26-14-7-15-27-75)79-46-38-71(39-47-79)69-34-42-77(43-35-69)87(73-22-10-5-11-23-73)81-57-66(62-90-52-16-18-54-92-84-48-28-64(2)29-49-84)56-80(60-81)86(72-20-8-4-9-21-72)76-40-32-68(33-41-76)70-36-44-78(45-37-70)88(82)74-24-12-6-13-25-74/h3-15,20-51,56-61H,1,16-19,52-55,62-63H2,2H3. The average molecular weight is 1220 g/mol. The summed E-state index contributed by atoms with van der Waals surface area (Å²) in [4.78, 5) is 0. The molecule has 8 heteroatoms. The van der Waals surface area contributed by atoms with Crippen LogP contribution in [0.4, 0.5) is 0 Å².